The lowest BCUT2D eigenvalue weighted by molar-refractivity contribution is 0.464. The largest absolute Gasteiger partial charge is 0.310 e. The number of nitrogens with one attached hydrogen (secondary N) is 2. The van der Waals surface area contributed by atoms with Crippen LogP contribution in [0.15, 0.2) is 11.2 Å². The highest BCUT2D eigenvalue weighted by Crippen LogP contribution is 2.21. The van der Waals surface area contributed by atoms with Gasteiger partial charge >= 0.3 is 0 Å². The molecule has 0 amide bonds. The van der Waals surface area contributed by atoms with Gasteiger partial charge in [-0.05, 0) is 19.3 Å². The lowest BCUT2D eigenvalue weighted by atomic mass is 10.3. The topological polar surface area (TPSA) is 78.1 Å². The molecule has 1 aliphatic carbocycles. The molecule has 0 saturated heterocycles. The van der Waals surface area contributed by atoms with Crippen molar-refractivity contribution in [1.82, 2.24) is 19.8 Å². The summed E-state index contributed by atoms with van der Waals surface area (Å²) in [6.45, 7) is 3.01. The van der Waals surface area contributed by atoms with Crippen molar-refractivity contribution in [2.45, 2.75) is 43.8 Å². The fraction of sp³-hybridized carbons (Fsp3) is 0.727. The monoisotopic (exact) mass is 272 g/mol. The van der Waals surface area contributed by atoms with Crippen LogP contribution in [0.1, 0.15) is 31.7 Å². The highest BCUT2D eigenvalue weighted by Gasteiger charge is 2.27. The van der Waals surface area contributed by atoms with Crippen LogP contribution in [0.2, 0.25) is 0 Å². The van der Waals surface area contributed by atoms with Crippen LogP contribution in [0.5, 0.6) is 0 Å². The Morgan fingerprint density at radius 1 is 1.56 bits per heavy atom. The van der Waals surface area contributed by atoms with Crippen molar-refractivity contribution in [3.63, 3.8) is 0 Å². The maximum Gasteiger partial charge on any atom is 0.260 e. The Morgan fingerprint density at radius 3 is 2.89 bits per heavy atom. The summed E-state index contributed by atoms with van der Waals surface area (Å²) in [6.07, 6.45) is 4.73. The van der Waals surface area contributed by atoms with Crippen LogP contribution >= 0.6 is 0 Å². The van der Waals surface area contributed by atoms with E-state index >= 15 is 0 Å². The van der Waals surface area contributed by atoms with Gasteiger partial charge in [0.25, 0.3) is 10.0 Å². The van der Waals surface area contributed by atoms with E-state index in [0.717, 1.165) is 6.42 Å². The van der Waals surface area contributed by atoms with Gasteiger partial charge in [0.05, 0.1) is 6.20 Å². The van der Waals surface area contributed by atoms with Gasteiger partial charge in [-0.15, -0.1) is 0 Å². The van der Waals surface area contributed by atoms with Crippen molar-refractivity contribution in [3.05, 3.63) is 11.8 Å². The smallest absolute Gasteiger partial charge is 0.260 e. The lowest BCUT2D eigenvalue weighted by Gasteiger charge is -2.16. The fourth-order valence-electron chi connectivity index (χ4n) is 1.78. The molecule has 0 aromatic carbocycles. The first-order valence-electron chi connectivity index (χ1n) is 6.27. The molecule has 0 spiro atoms. The Kier molecular flexibility index (Phi) is 4.04. The van der Waals surface area contributed by atoms with E-state index in [2.05, 4.69) is 15.5 Å². The van der Waals surface area contributed by atoms with Crippen LogP contribution in [-0.2, 0) is 16.6 Å². The molecule has 102 valence electrons. The molecule has 2 N–H and O–H groups in total. The second-order valence-electron chi connectivity index (χ2n) is 4.71. The summed E-state index contributed by atoms with van der Waals surface area (Å²) in [5.74, 6) is 0. The SMILES string of the molecule is CCCN(C)S(=O)(=O)c1[nH]ncc1CNC1CC1. The Bertz CT molecular complexity index is 493. The Labute approximate surface area is 108 Å². The van der Waals surface area contributed by atoms with E-state index in [1.807, 2.05) is 6.92 Å². The molecule has 0 radical (unpaired) electrons. The van der Waals surface area contributed by atoms with Gasteiger partial charge in [-0.25, -0.2) is 8.42 Å². The van der Waals surface area contributed by atoms with Gasteiger partial charge in [0, 0.05) is 31.7 Å². The van der Waals surface area contributed by atoms with E-state index in [-0.39, 0.29) is 5.03 Å². The van der Waals surface area contributed by atoms with E-state index in [1.165, 1.54) is 17.1 Å². The summed E-state index contributed by atoms with van der Waals surface area (Å²) >= 11 is 0. The highest BCUT2D eigenvalue weighted by molar-refractivity contribution is 7.89. The molecule has 0 atom stereocenters. The van der Waals surface area contributed by atoms with Crippen molar-refractivity contribution in [1.29, 1.82) is 0 Å². The summed E-state index contributed by atoms with van der Waals surface area (Å²) < 4.78 is 25.9. The van der Waals surface area contributed by atoms with E-state index in [1.54, 1.807) is 13.2 Å². The third-order valence-corrected chi connectivity index (χ3v) is 4.92. The van der Waals surface area contributed by atoms with E-state index < -0.39 is 10.0 Å². The summed E-state index contributed by atoms with van der Waals surface area (Å²) in [6, 6.07) is 0.545. The van der Waals surface area contributed by atoms with Crippen LogP contribution in [0.4, 0.5) is 0 Å². The predicted molar refractivity (Wildman–Crippen MR) is 68.6 cm³/mol. The first kappa shape index (κ1) is 13.5. The van der Waals surface area contributed by atoms with E-state index in [0.29, 0.717) is 24.7 Å². The van der Waals surface area contributed by atoms with Crippen molar-refractivity contribution in [3.8, 4) is 0 Å². The second-order valence-corrected chi connectivity index (χ2v) is 6.69. The van der Waals surface area contributed by atoms with Crippen LogP contribution < -0.4 is 5.32 Å². The van der Waals surface area contributed by atoms with Gasteiger partial charge in [-0.2, -0.15) is 9.40 Å². The quantitative estimate of drug-likeness (QED) is 0.765. The fourth-order valence-corrected chi connectivity index (χ4v) is 3.14. The van der Waals surface area contributed by atoms with Gasteiger partial charge in [0.15, 0.2) is 5.03 Å². The standard InChI is InChI=1S/C11H20N4O2S/c1-3-6-15(2)18(16,17)11-9(8-13-14-11)7-12-10-4-5-10/h8,10,12H,3-7H2,1-2H3,(H,13,14). The second kappa shape index (κ2) is 5.38. The van der Waals surface area contributed by atoms with Crippen LogP contribution in [0.25, 0.3) is 0 Å². The number of nitrogens with zero attached hydrogens (tertiary/aromatic N) is 2. The molecule has 0 bridgehead atoms. The first-order valence-corrected chi connectivity index (χ1v) is 7.71. The summed E-state index contributed by atoms with van der Waals surface area (Å²) in [5.41, 5.74) is 0.713. The van der Waals surface area contributed by atoms with Crippen molar-refractivity contribution in [2.24, 2.45) is 0 Å². The summed E-state index contributed by atoms with van der Waals surface area (Å²) in [5, 5.41) is 9.98. The predicted octanol–water partition coefficient (Wildman–Crippen LogP) is 0.692. The van der Waals surface area contributed by atoms with Gasteiger partial charge < -0.3 is 5.32 Å². The molecule has 1 fully saturated rings. The Balaban J connectivity index is 2.13. The summed E-state index contributed by atoms with van der Waals surface area (Å²) in [4.78, 5) is 0. The Hall–Kier alpha value is -0.920. The van der Waals surface area contributed by atoms with Crippen molar-refractivity contribution < 1.29 is 8.42 Å². The average Bonchev–Trinajstić information content (AvgIpc) is 3.03. The van der Waals surface area contributed by atoms with Gasteiger partial charge in [0.1, 0.15) is 0 Å². The zero-order valence-corrected chi connectivity index (χ0v) is 11.6. The molecule has 2 rings (SSSR count). The molecule has 1 aromatic heterocycles. The maximum atomic E-state index is 12.3. The minimum Gasteiger partial charge on any atom is -0.310 e. The number of hydrogen-bond donors (Lipinski definition) is 2. The molecular formula is C11H20N4O2S. The molecule has 6 nitrogen and oxygen atoms in total. The molecule has 18 heavy (non-hydrogen) atoms. The first-order chi connectivity index (χ1) is 8.55. The number of rotatable bonds is 7. The zero-order chi connectivity index (χ0) is 13.2. The van der Waals surface area contributed by atoms with Crippen molar-refractivity contribution in [2.75, 3.05) is 13.6 Å². The molecule has 1 heterocycles. The third-order valence-electron chi connectivity index (χ3n) is 3.04. The third kappa shape index (κ3) is 2.90. The van der Waals surface area contributed by atoms with Crippen molar-refractivity contribution >= 4 is 10.0 Å². The molecule has 0 aliphatic heterocycles. The van der Waals surface area contributed by atoms with E-state index in [9.17, 15) is 8.42 Å². The number of aromatic nitrogens is 2. The highest BCUT2D eigenvalue weighted by atomic mass is 32.2. The number of hydrogen-bond acceptors (Lipinski definition) is 4. The number of H-pyrrole nitrogens is 1. The van der Waals surface area contributed by atoms with Crippen LogP contribution in [0, 0.1) is 0 Å². The van der Waals surface area contributed by atoms with Gasteiger partial charge in [-0.3, -0.25) is 5.10 Å². The molecule has 1 aromatic rings. The van der Waals surface area contributed by atoms with Gasteiger partial charge in [0.2, 0.25) is 0 Å². The van der Waals surface area contributed by atoms with Gasteiger partial charge in [-0.1, -0.05) is 6.92 Å². The molecule has 1 aliphatic rings. The Morgan fingerprint density at radius 2 is 2.28 bits per heavy atom. The average molecular weight is 272 g/mol. The zero-order valence-electron chi connectivity index (χ0n) is 10.8. The molecule has 1 saturated carbocycles. The maximum absolute atomic E-state index is 12.3. The minimum absolute atomic E-state index is 0.214. The molecular weight excluding hydrogens is 252 g/mol. The van der Waals surface area contributed by atoms with Crippen LogP contribution in [0.3, 0.4) is 0 Å². The summed E-state index contributed by atoms with van der Waals surface area (Å²) in [7, 11) is -1.85. The van der Waals surface area contributed by atoms with E-state index in [4.69, 9.17) is 0 Å². The molecule has 0 unspecified atom stereocenters. The normalized spacial score (nSPS) is 16.4. The van der Waals surface area contributed by atoms with Crippen LogP contribution in [-0.4, -0.2) is 42.6 Å². The minimum atomic E-state index is -3.44. The number of sulfonamides is 1. The lowest BCUT2D eigenvalue weighted by Crippen LogP contribution is -2.29. The molecule has 7 heteroatoms. The number of aromatic amines is 1.